The Labute approximate surface area is 149 Å². The van der Waals surface area contributed by atoms with E-state index in [9.17, 15) is 4.79 Å². The van der Waals surface area contributed by atoms with Crippen molar-refractivity contribution in [1.29, 1.82) is 0 Å². The van der Waals surface area contributed by atoms with Crippen LogP contribution in [0.2, 0.25) is 5.02 Å². The van der Waals surface area contributed by atoms with Crippen LogP contribution in [0.15, 0.2) is 49.2 Å². The molecule has 2 heterocycles. The molecule has 128 valence electrons. The zero-order chi connectivity index (χ0) is 17.2. The average molecular weight is 358 g/mol. The molecule has 3 aromatic rings. The smallest absolute Gasteiger partial charge is 0.344 e. The Kier molecular flexibility index (Phi) is 4.28. The molecule has 0 spiro atoms. The maximum Gasteiger partial charge on any atom is 0.344 e. The zero-order valence-electron chi connectivity index (χ0n) is 13.3. The average Bonchev–Trinajstić information content (AvgIpc) is 3.11. The monoisotopic (exact) mass is 357 g/mol. The van der Waals surface area contributed by atoms with E-state index in [2.05, 4.69) is 9.97 Å². The molecule has 0 atom stereocenters. The molecule has 0 unspecified atom stereocenters. The van der Waals surface area contributed by atoms with E-state index in [4.69, 9.17) is 21.1 Å². The normalized spacial score (nSPS) is 19.4. The van der Waals surface area contributed by atoms with Crippen LogP contribution in [-0.2, 0) is 9.53 Å². The van der Waals surface area contributed by atoms with E-state index in [0.29, 0.717) is 22.3 Å². The van der Waals surface area contributed by atoms with Crippen molar-refractivity contribution >= 4 is 28.5 Å². The van der Waals surface area contributed by atoms with E-state index in [1.165, 1.54) is 0 Å². The van der Waals surface area contributed by atoms with Crippen LogP contribution in [0.4, 0.5) is 0 Å². The van der Waals surface area contributed by atoms with Crippen molar-refractivity contribution in [3.8, 4) is 5.75 Å². The standard InChI is InChI=1S/C18H16ClN3O3/c19-15-3-4-16(18-14(15)2-1-5-21-18)24-10-17(23)25-13-8-12(9-13)22-7-6-20-11-22/h1-7,11-13H,8-10H2. The predicted molar refractivity (Wildman–Crippen MR) is 92.6 cm³/mol. The number of pyridine rings is 1. The molecule has 1 aliphatic carbocycles. The molecule has 4 rings (SSSR count). The van der Waals surface area contributed by atoms with Crippen molar-refractivity contribution in [3.05, 3.63) is 54.2 Å². The lowest BCUT2D eigenvalue weighted by molar-refractivity contribution is -0.157. The molecule has 7 heteroatoms. The number of rotatable bonds is 5. The van der Waals surface area contributed by atoms with Crippen molar-refractivity contribution in [2.45, 2.75) is 25.0 Å². The van der Waals surface area contributed by atoms with Crippen molar-refractivity contribution in [1.82, 2.24) is 14.5 Å². The third-order valence-electron chi connectivity index (χ3n) is 4.34. The molecule has 0 amide bonds. The third kappa shape index (κ3) is 3.30. The molecule has 0 saturated heterocycles. The SMILES string of the molecule is O=C(COc1ccc(Cl)c2cccnc12)OC1CC(n2ccnc2)C1. The van der Waals surface area contributed by atoms with E-state index in [1.807, 2.05) is 16.8 Å². The molecular formula is C18H16ClN3O3. The van der Waals surface area contributed by atoms with Gasteiger partial charge in [-0.05, 0) is 24.3 Å². The molecule has 6 nitrogen and oxygen atoms in total. The van der Waals surface area contributed by atoms with E-state index >= 15 is 0 Å². The van der Waals surface area contributed by atoms with E-state index in [1.54, 1.807) is 36.9 Å². The predicted octanol–water partition coefficient (Wildman–Crippen LogP) is 3.41. The van der Waals surface area contributed by atoms with Gasteiger partial charge in [0, 0.05) is 42.9 Å². The number of esters is 1. The van der Waals surface area contributed by atoms with E-state index in [-0.39, 0.29) is 18.7 Å². The highest BCUT2D eigenvalue weighted by Gasteiger charge is 2.33. The molecule has 25 heavy (non-hydrogen) atoms. The molecule has 1 fully saturated rings. The number of aromatic nitrogens is 3. The highest BCUT2D eigenvalue weighted by atomic mass is 35.5. The van der Waals surface area contributed by atoms with Gasteiger partial charge in [0.25, 0.3) is 0 Å². The molecule has 0 bridgehead atoms. The maximum absolute atomic E-state index is 12.0. The minimum absolute atomic E-state index is 0.0661. The Hall–Kier alpha value is -2.60. The number of halogens is 1. The second-order valence-corrected chi connectivity index (χ2v) is 6.39. The fourth-order valence-corrected chi connectivity index (χ4v) is 3.16. The summed E-state index contributed by atoms with van der Waals surface area (Å²) < 4.78 is 13.1. The molecule has 2 aromatic heterocycles. The largest absolute Gasteiger partial charge is 0.480 e. The van der Waals surface area contributed by atoms with Crippen LogP contribution in [0.25, 0.3) is 10.9 Å². The van der Waals surface area contributed by atoms with Crippen molar-refractivity contribution in [2.24, 2.45) is 0 Å². The number of carbonyl (C=O) groups excluding carboxylic acids is 1. The first-order chi connectivity index (χ1) is 12.2. The number of fused-ring (bicyclic) bond motifs is 1. The first-order valence-corrected chi connectivity index (χ1v) is 8.41. The number of benzene rings is 1. The van der Waals surface area contributed by atoms with Gasteiger partial charge in [0.2, 0.25) is 0 Å². The molecule has 0 radical (unpaired) electrons. The van der Waals surface area contributed by atoms with Crippen LogP contribution in [-0.4, -0.2) is 33.2 Å². The van der Waals surface area contributed by atoms with Gasteiger partial charge in [-0.15, -0.1) is 0 Å². The van der Waals surface area contributed by atoms with E-state index < -0.39 is 0 Å². The topological polar surface area (TPSA) is 66.2 Å². The van der Waals surface area contributed by atoms with Crippen LogP contribution in [0.5, 0.6) is 5.75 Å². The second-order valence-electron chi connectivity index (χ2n) is 5.98. The quantitative estimate of drug-likeness (QED) is 0.655. The third-order valence-corrected chi connectivity index (χ3v) is 4.67. The number of hydrogen-bond donors (Lipinski definition) is 0. The fraction of sp³-hybridized carbons (Fsp3) is 0.278. The van der Waals surface area contributed by atoms with Crippen molar-refractivity contribution in [3.63, 3.8) is 0 Å². The molecule has 0 aliphatic heterocycles. The highest BCUT2D eigenvalue weighted by molar-refractivity contribution is 6.35. The van der Waals surface area contributed by atoms with Crippen molar-refractivity contribution < 1.29 is 14.3 Å². The summed E-state index contributed by atoms with van der Waals surface area (Å²) in [6, 6.07) is 7.46. The van der Waals surface area contributed by atoms with Gasteiger partial charge in [-0.1, -0.05) is 11.6 Å². The van der Waals surface area contributed by atoms with Gasteiger partial charge < -0.3 is 14.0 Å². The van der Waals surface area contributed by atoms with Crippen LogP contribution in [0, 0.1) is 0 Å². The first-order valence-electron chi connectivity index (χ1n) is 8.03. The van der Waals surface area contributed by atoms with Gasteiger partial charge in [-0.2, -0.15) is 0 Å². The van der Waals surface area contributed by atoms with Gasteiger partial charge in [0.15, 0.2) is 6.61 Å². The van der Waals surface area contributed by atoms with Crippen LogP contribution >= 0.6 is 11.6 Å². The molecular weight excluding hydrogens is 342 g/mol. The Bertz CT molecular complexity index is 892. The van der Waals surface area contributed by atoms with Gasteiger partial charge in [-0.3, -0.25) is 4.98 Å². The highest BCUT2D eigenvalue weighted by Crippen LogP contribution is 2.34. The second kappa shape index (κ2) is 6.72. The number of ether oxygens (including phenoxy) is 2. The first kappa shape index (κ1) is 15.9. The maximum atomic E-state index is 12.0. The summed E-state index contributed by atoms with van der Waals surface area (Å²) in [5.74, 6) is 0.134. The Morgan fingerprint density at radius 3 is 2.96 bits per heavy atom. The lowest BCUT2D eigenvalue weighted by Gasteiger charge is -2.35. The molecule has 1 aliphatic rings. The summed E-state index contributed by atoms with van der Waals surface area (Å²) in [6.07, 6.45) is 8.64. The zero-order valence-corrected chi connectivity index (χ0v) is 14.1. The number of hydrogen-bond acceptors (Lipinski definition) is 5. The number of imidazole rings is 1. The Balaban J connectivity index is 1.32. The minimum Gasteiger partial charge on any atom is -0.480 e. The summed E-state index contributed by atoms with van der Waals surface area (Å²) in [7, 11) is 0. The van der Waals surface area contributed by atoms with Crippen LogP contribution in [0.3, 0.4) is 0 Å². The summed E-state index contributed by atoms with van der Waals surface area (Å²) in [5.41, 5.74) is 0.631. The minimum atomic E-state index is -0.381. The fourth-order valence-electron chi connectivity index (χ4n) is 2.95. The Morgan fingerprint density at radius 2 is 2.16 bits per heavy atom. The molecule has 1 aromatic carbocycles. The number of nitrogens with zero attached hydrogens (tertiary/aromatic N) is 3. The van der Waals surface area contributed by atoms with Gasteiger partial charge in [0.1, 0.15) is 17.4 Å². The lowest BCUT2D eigenvalue weighted by atomic mass is 9.89. The van der Waals surface area contributed by atoms with Crippen LogP contribution in [0.1, 0.15) is 18.9 Å². The van der Waals surface area contributed by atoms with Gasteiger partial charge >= 0.3 is 5.97 Å². The van der Waals surface area contributed by atoms with Gasteiger partial charge in [-0.25, -0.2) is 9.78 Å². The van der Waals surface area contributed by atoms with Crippen LogP contribution < -0.4 is 4.74 Å². The summed E-state index contributed by atoms with van der Waals surface area (Å²) >= 11 is 6.15. The molecule has 0 N–H and O–H groups in total. The summed E-state index contributed by atoms with van der Waals surface area (Å²) in [6.45, 7) is -0.153. The lowest BCUT2D eigenvalue weighted by Crippen LogP contribution is -2.35. The van der Waals surface area contributed by atoms with Crippen molar-refractivity contribution in [2.75, 3.05) is 6.61 Å². The summed E-state index contributed by atoms with van der Waals surface area (Å²) in [4.78, 5) is 20.3. The van der Waals surface area contributed by atoms with E-state index in [0.717, 1.165) is 18.2 Å². The van der Waals surface area contributed by atoms with Gasteiger partial charge in [0.05, 0.1) is 11.3 Å². The Morgan fingerprint density at radius 1 is 1.28 bits per heavy atom. The number of carbonyl (C=O) groups is 1. The summed E-state index contributed by atoms with van der Waals surface area (Å²) in [5, 5.41) is 1.38. The molecule has 1 saturated carbocycles.